The van der Waals surface area contributed by atoms with Crippen LogP contribution >= 0.6 is 0 Å². The van der Waals surface area contributed by atoms with Gasteiger partial charge in [-0.25, -0.2) is 0 Å². The summed E-state index contributed by atoms with van der Waals surface area (Å²) in [4.78, 5) is 0. The fourth-order valence-corrected chi connectivity index (χ4v) is 2.35. The van der Waals surface area contributed by atoms with Crippen molar-refractivity contribution in [2.24, 2.45) is 0 Å². The third-order valence-corrected chi connectivity index (χ3v) is 3.56. The number of hydrogen-bond acceptors (Lipinski definition) is 5. The molecule has 5 heteroatoms. The number of benzene rings is 1. The van der Waals surface area contributed by atoms with Gasteiger partial charge in [0.25, 0.3) is 0 Å². The van der Waals surface area contributed by atoms with Crippen LogP contribution in [0.15, 0.2) is 30.3 Å². The summed E-state index contributed by atoms with van der Waals surface area (Å²) < 4.78 is 16.2. The molecule has 0 amide bonds. The molecule has 2 rings (SSSR count). The lowest BCUT2D eigenvalue weighted by Crippen LogP contribution is -2.58. The molecule has 0 radical (unpaired) electrons. The maximum Gasteiger partial charge on any atom is 0.186 e. The van der Waals surface area contributed by atoms with E-state index in [4.69, 9.17) is 20.6 Å². The zero-order valence-corrected chi connectivity index (χ0v) is 12.0. The molecule has 0 saturated carbocycles. The van der Waals surface area contributed by atoms with Gasteiger partial charge in [-0.15, -0.1) is 6.42 Å². The molecule has 0 aromatic heterocycles. The fraction of sp³-hybridized carbons (Fsp3) is 0.500. The van der Waals surface area contributed by atoms with Crippen LogP contribution in [0.3, 0.4) is 0 Å². The Morgan fingerprint density at radius 1 is 1.24 bits per heavy atom. The first kappa shape index (κ1) is 16.0. The largest absolute Gasteiger partial charge is 0.388 e. The minimum absolute atomic E-state index is 0.530. The summed E-state index contributed by atoms with van der Waals surface area (Å²) in [5.74, 6) is 2.53. The van der Waals surface area contributed by atoms with Crippen LogP contribution in [0.5, 0.6) is 0 Å². The lowest BCUT2D eigenvalue weighted by atomic mass is 9.99. The molecule has 0 unspecified atom stereocenters. The van der Waals surface area contributed by atoms with E-state index >= 15 is 0 Å². The highest BCUT2D eigenvalue weighted by Crippen LogP contribution is 2.28. The van der Waals surface area contributed by atoms with Gasteiger partial charge < -0.3 is 24.4 Å². The second-order valence-electron chi connectivity index (χ2n) is 4.98. The Kier molecular flexibility index (Phi) is 5.34. The average molecular weight is 292 g/mol. The minimum atomic E-state index is -1.12. The molecule has 5 nitrogen and oxygen atoms in total. The minimum Gasteiger partial charge on any atom is -0.388 e. The molecule has 1 heterocycles. The number of aliphatic hydroxyl groups excluding tert-OH is 2. The smallest absolute Gasteiger partial charge is 0.186 e. The van der Waals surface area contributed by atoms with Crippen LogP contribution in [0.4, 0.5) is 0 Å². The van der Waals surface area contributed by atoms with Crippen molar-refractivity contribution in [2.45, 2.75) is 43.7 Å². The molecule has 1 saturated heterocycles. The molecule has 6 atom stereocenters. The fourth-order valence-electron chi connectivity index (χ4n) is 2.35. The Morgan fingerprint density at radius 3 is 2.48 bits per heavy atom. The van der Waals surface area contributed by atoms with Gasteiger partial charge in [0.1, 0.15) is 24.4 Å². The van der Waals surface area contributed by atoms with Crippen molar-refractivity contribution in [1.82, 2.24) is 0 Å². The van der Waals surface area contributed by atoms with E-state index in [2.05, 4.69) is 5.92 Å². The first-order chi connectivity index (χ1) is 10.1. The molecular weight excluding hydrogens is 272 g/mol. The second-order valence-corrected chi connectivity index (χ2v) is 4.98. The number of rotatable bonds is 4. The summed E-state index contributed by atoms with van der Waals surface area (Å²) in [7, 11) is 1.42. The summed E-state index contributed by atoms with van der Waals surface area (Å²) in [5.41, 5.74) is 0.785. The van der Waals surface area contributed by atoms with Gasteiger partial charge in [-0.1, -0.05) is 36.3 Å². The van der Waals surface area contributed by atoms with E-state index in [1.54, 1.807) is 6.92 Å². The number of hydrogen-bond donors (Lipinski definition) is 2. The molecule has 1 aromatic carbocycles. The zero-order valence-electron chi connectivity index (χ0n) is 12.0. The highest BCUT2D eigenvalue weighted by atomic mass is 16.7. The van der Waals surface area contributed by atoms with Crippen LogP contribution < -0.4 is 0 Å². The number of ether oxygens (including phenoxy) is 3. The molecule has 0 spiro atoms. The SMILES string of the molecule is C#C[C@@H](O[C@H]1[C@H](O)[C@H](OC)O[C@@H](C)[C@H]1O)c1ccccc1. The van der Waals surface area contributed by atoms with Crippen LogP contribution in [0, 0.1) is 12.3 Å². The Labute approximate surface area is 124 Å². The summed E-state index contributed by atoms with van der Waals surface area (Å²) in [5, 5.41) is 20.4. The van der Waals surface area contributed by atoms with Crippen molar-refractivity contribution in [3.63, 3.8) is 0 Å². The van der Waals surface area contributed by atoms with Gasteiger partial charge in [0.15, 0.2) is 6.29 Å². The van der Waals surface area contributed by atoms with E-state index in [0.29, 0.717) is 0 Å². The zero-order chi connectivity index (χ0) is 15.4. The third-order valence-electron chi connectivity index (χ3n) is 3.56. The van der Waals surface area contributed by atoms with E-state index in [-0.39, 0.29) is 0 Å². The maximum atomic E-state index is 10.2. The Bertz CT molecular complexity index is 483. The Balaban J connectivity index is 2.17. The first-order valence-electron chi connectivity index (χ1n) is 6.79. The second kappa shape index (κ2) is 7.03. The van der Waals surface area contributed by atoms with E-state index < -0.39 is 36.8 Å². The first-order valence-corrected chi connectivity index (χ1v) is 6.79. The summed E-state index contributed by atoms with van der Waals surface area (Å²) >= 11 is 0. The predicted molar refractivity (Wildman–Crippen MR) is 76.2 cm³/mol. The van der Waals surface area contributed by atoms with Gasteiger partial charge in [0.2, 0.25) is 0 Å². The lowest BCUT2D eigenvalue weighted by molar-refractivity contribution is -0.297. The van der Waals surface area contributed by atoms with Crippen LogP contribution in [-0.4, -0.2) is 48.0 Å². The highest BCUT2D eigenvalue weighted by molar-refractivity contribution is 5.23. The molecule has 114 valence electrons. The number of methoxy groups -OCH3 is 1. The van der Waals surface area contributed by atoms with Crippen molar-refractivity contribution in [2.75, 3.05) is 7.11 Å². The monoisotopic (exact) mass is 292 g/mol. The van der Waals surface area contributed by atoms with Crippen molar-refractivity contribution < 1.29 is 24.4 Å². The maximum absolute atomic E-state index is 10.2. The predicted octanol–water partition coefficient (Wildman–Crippen LogP) is 0.859. The molecule has 1 fully saturated rings. The van der Waals surface area contributed by atoms with E-state index in [9.17, 15) is 10.2 Å². The van der Waals surface area contributed by atoms with Crippen LogP contribution in [0.25, 0.3) is 0 Å². The van der Waals surface area contributed by atoms with E-state index in [0.717, 1.165) is 5.56 Å². The molecule has 0 aliphatic carbocycles. The van der Waals surface area contributed by atoms with Crippen LogP contribution in [-0.2, 0) is 14.2 Å². The lowest BCUT2D eigenvalue weighted by Gasteiger charge is -2.41. The van der Waals surface area contributed by atoms with Gasteiger partial charge in [0.05, 0.1) is 6.10 Å². The van der Waals surface area contributed by atoms with Crippen molar-refractivity contribution in [3.05, 3.63) is 35.9 Å². The molecule has 2 N–H and O–H groups in total. The van der Waals surface area contributed by atoms with Crippen molar-refractivity contribution in [1.29, 1.82) is 0 Å². The molecule has 21 heavy (non-hydrogen) atoms. The van der Waals surface area contributed by atoms with E-state index in [1.165, 1.54) is 7.11 Å². The van der Waals surface area contributed by atoms with Gasteiger partial charge in [-0.05, 0) is 12.5 Å². The normalized spacial score (nSPS) is 34.1. The number of terminal acetylenes is 1. The summed E-state index contributed by atoms with van der Waals surface area (Å²) in [6, 6.07) is 9.23. The van der Waals surface area contributed by atoms with Gasteiger partial charge in [-0.3, -0.25) is 0 Å². The Hall–Kier alpha value is -1.42. The van der Waals surface area contributed by atoms with Crippen molar-refractivity contribution >= 4 is 0 Å². The molecule has 1 aromatic rings. The summed E-state index contributed by atoms with van der Waals surface area (Å²) in [6.07, 6.45) is 0.454. The molecule has 1 aliphatic heterocycles. The summed E-state index contributed by atoms with van der Waals surface area (Å²) in [6.45, 7) is 1.69. The standard InChI is InChI=1S/C16H20O5/c1-4-12(11-8-6-5-7-9-11)21-15-13(17)10(2)20-16(19-3)14(15)18/h1,5-10,12-18H,2-3H3/t10-,12+,13+,14-,15+,16+/m0/s1. The molecule has 1 aliphatic rings. The number of aliphatic hydroxyl groups is 2. The van der Waals surface area contributed by atoms with Gasteiger partial charge >= 0.3 is 0 Å². The van der Waals surface area contributed by atoms with Gasteiger partial charge in [0, 0.05) is 7.11 Å². The van der Waals surface area contributed by atoms with Crippen LogP contribution in [0.1, 0.15) is 18.6 Å². The average Bonchev–Trinajstić information content (AvgIpc) is 2.52. The van der Waals surface area contributed by atoms with Crippen LogP contribution in [0.2, 0.25) is 0 Å². The molecule has 0 bridgehead atoms. The van der Waals surface area contributed by atoms with Gasteiger partial charge in [-0.2, -0.15) is 0 Å². The van der Waals surface area contributed by atoms with E-state index in [1.807, 2.05) is 30.3 Å². The molecular formula is C16H20O5. The highest BCUT2D eigenvalue weighted by Gasteiger charge is 2.44. The quantitative estimate of drug-likeness (QED) is 0.806. The Morgan fingerprint density at radius 2 is 1.90 bits per heavy atom. The van der Waals surface area contributed by atoms with Crippen molar-refractivity contribution in [3.8, 4) is 12.3 Å². The topological polar surface area (TPSA) is 68.2 Å². The third kappa shape index (κ3) is 3.43.